The summed E-state index contributed by atoms with van der Waals surface area (Å²) < 4.78 is 48.1. The standard InChI is InChI=1S/C33H40FN3O5S/c1-4-31(33(39)35-27-8-6-7-9-27)36(22-25-12-10-24(3)11-13-25)32(38)23-37(28-16-18-29(19-17-28)42-5-2)43(40,41)30-20-14-26(34)15-21-30/h10-21,27,31H,4-9,22-23H2,1-3H3,(H,35,39)/t31-/m0/s1. The van der Waals surface area contributed by atoms with Crippen molar-refractivity contribution in [2.24, 2.45) is 0 Å². The fourth-order valence-corrected chi connectivity index (χ4v) is 6.73. The van der Waals surface area contributed by atoms with Crippen molar-refractivity contribution in [3.8, 4) is 5.75 Å². The fraction of sp³-hybridized carbons (Fsp3) is 0.394. The summed E-state index contributed by atoms with van der Waals surface area (Å²) in [5.74, 6) is -0.809. The second-order valence-corrected chi connectivity index (χ2v) is 12.7. The first-order chi connectivity index (χ1) is 20.6. The Balaban J connectivity index is 1.71. The van der Waals surface area contributed by atoms with Crippen LogP contribution in [-0.4, -0.2) is 50.4 Å². The molecule has 0 bridgehead atoms. The molecule has 0 spiro atoms. The summed E-state index contributed by atoms with van der Waals surface area (Å²) in [5, 5.41) is 3.11. The number of sulfonamides is 1. The molecule has 0 aliphatic heterocycles. The van der Waals surface area contributed by atoms with Crippen molar-refractivity contribution in [1.29, 1.82) is 0 Å². The van der Waals surface area contributed by atoms with Gasteiger partial charge in [-0.1, -0.05) is 49.6 Å². The van der Waals surface area contributed by atoms with E-state index in [2.05, 4.69) is 5.32 Å². The highest BCUT2D eigenvalue weighted by Gasteiger charge is 2.34. The number of rotatable bonds is 13. The van der Waals surface area contributed by atoms with Crippen LogP contribution >= 0.6 is 0 Å². The number of hydrogen-bond acceptors (Lipinski definition) is 5. The van der Waals surface area contributed by atoms with Gasteiger partial charge in [-0.05, 0) is 87.2 Å². The molecule has 1 aliphatic rings. The summed E-state index contributed by atoms with van der Waals surface area (Å²) in [4.78, 5) is 29.0. The minimum absolute atomic E-state index is 0.0667. The quantitative estimate of drug-likeness (QED) is 0.273. The molecule has 0 aromatic heterocycles. The van der Waals surface area contributed by atoms with Crippen molar-refractivity contribution in [2.75, 3.05) is 17.5 Å². The summed E-state index contributed by atoms with van der Waals surface area (Å²) >= 11 is 0. The third kappa shape index (κ3) is 8.13. The number of carbonyl (C=O) groups is 2. The molecule has 1 fully saturated rings. The molecule has 8 nitrogen and oxygen atoms in total. The zero-order chi connectivity index (χ0) is 31.0. The molecule has 0 unspecified atom stereocenters. The van der Waals surface area contributed by atoms with Crippen molar-refractivity contribution >= 4 is 27.5 Å². The van der Waals surface area contributed by atoms with Gasteiger partial charge in [-0.3, -0.25) is 13.9 Å². The van der Waals surface area contributed by atoms with Crippen molar-refractivity contribution in [1.82, 2.24) is 10.2 Å². The monoisotopic (exact) mass is 609 g/mol. The van der Waals surface area contributed by atoms with Gasteiger partial charge in [0.1, 0.15) is 24.2 Å². The van der Waals surface area contributed by atoms with Gasteiger partial charge in [0.25, 0.3) is 10.0 Å². The Morgan fingerprint density at radius 3 is 2.16 bits per heavy atom. The second-order valence-electron chi connectivity index (χ2n) is 10.8. The number of nitrogens with zero attached hydrogens (tertiary/aromatic N) is 2. The van der Waals surface area contributed by atoms with E-state index < -0.39 is 34.3 Å². The maximum Gasteiger partial charge on any atom is 0.264 e. The Labute approximate surface area is 253 Å². The van der Waals surface area contributed by atoms with Gasteiger partial charge in [0.15, 0.2) is 0 Å². The molecule has 4 rings (SSSR count). The van der Waals surface area contributed by atoms with E-state index in [0.29, 0.717) is 18.8 Å². The van der Waals surface area contributed by atoms with E-state index in [1.165, 1.54) is 17.0 Å². The number of halogens is 1. The fourth-order valence-electron chi connectivity index (χ4n) is 5.32. The molecule has 3 aromatic carbocycles. The molecular weight excluding hydrogens is 569 g/mol. The zero-order valence-electron chi connectivity index (χ0n) is 25.0. The Hall–Kier alpha value is -3.92. The zero-order valence-corrected chi connectivity index (χ0v) is 25.8. The number of anilines is 1. The topological polar surface area (TPSA) is 96.0 Å². The third-order valence-electron chi connectivity index (χ3n) is 7.68. The molecule has 10 heteroatoms. The van der Waals surface area contributed by atoms with Crippen LogP contribution in [0.25, 0.3) is 0 Å². The average molecular weight is 610 g/mol. The summed E-state index contributed by atoms with van der Waals surface area (Å²) in [5.41, 5.74) is 2.11. The van der Waals surface area contributed by atoms with Crippen LogP contribution in [0.15, 0.2) is 77.7 Å². The first-order valence-corrected chi connectivity index (χ1v) is 16.2. The average Bonchev–Trinajstić information content (AvgIpc) is 3.50. The van der Waals surface area contributed by atoms with Crippen molar-refractivity contribution in [3.63, 3.8) is 0 Å². The lowest BCUT2D eigenvalue weighted by Crippen LogP contribution is -2.53. The van der Waals surface area contributed by atoms with E-state index in [0.717, 1.165) is 53.2 Å². The van der Waals surface area contributed by atoms with Gasteiger partial charge in [0.05, 0.1) is 17.2 Å². The molecule has 230 valence electrons. The number of amides is 2. The number of carbonyl (C=O) groups excluding carboxylic acids is 2. The first kappa shape index (κ1) is 32.0. The van der Waals surface area contributed by atoms with E-state index in [9.17, 15) is 22.4 Å². The largest absolute Gasteiger partial charge is 0.494 e. The maximum atomic E-state index is 14.2. The number of ether oxygens (including phenoxy) is 1. The Morgan fingerprint density at radius 2 is 1.58 bits per heavy atom. The van der Waals surface area contributed by atoms with E-state index in [1.54, 1.807) is 24.3 Å². The Morgan fingerprint density at radius 1 is 0.953 bits per heavy atom. The van der Waals surface area contributed by atoms with Gasteiger partial charge in [-0.25, -0.2) is 12.8 Å². The van der Waals surface area contributed by atoms with Crippen LogP contribution in [0.2, 0.25) is 0 Å². The molecule has 43 heavy (non-hydrogen) atoms. The van der Waals surface area contributed by atoms with E-state index in [-0.39, 0.29) is 29.1 Å². The van der Waals surface area contributed by atoms with Crippen molar-refractivity contribution < 1.29 is 27.1 Å². The molecule has 1 aliphatic carbocycles. The van der Waals surface area contributed by atoms with E-state index in [4.69, 9.17) is 4.74 Å². The lowest BCUT2D eigenvalue weighted by molar-refractivity contribution is -0.140. The van der Waals surface area contributed by atoms with E-state index >= 15 is 0 Å². The number of benzene rings is 3. The van der Waals surface area contributed by atoms with Crippen LogP contribution in [0.1, 0.15) is 57.1 Å². The molecule has 1 saturated carbocycles. The SMILES string of the molecule is CCOc1ccc(N(CC(=O)N(Cc2ccc(C)cc2)[C@@H](CC)C(=O)NC2CCCC2)S(=O)(=O)c2ccc(F)cc2)cc1. The molecule has 0 saturated heterocycles. The van der Waals surface area contributed by atoms with Crippen molar-refractivity contribution in [3.05, 3.63) is 89.7 Å². The molecule has 1 N–H and O–H groups in total. The van der Waals surface area contributed by atoms with Crippen molar-refractivity contribution in [2.45, 2.75) is 76.4 Å². The van der Waals surface area contributed by atoms with Gasteiger partial charge in [-0.2, -0.15) is 0 Å². The smallest absolute Gasteiger partial charge is 0.264 e. The van der Waals surface area contributed by atoms with Crippen LogP contribution in [0.4, 0.5) is 10.1 Å². The van der Waals surface area contributed by atoms with Gasteiger partial charge < -0.3 is 15.0 Å². The normalized spacial score (nSPS) is 14.2. The summed E-state index contributed by atoms with van der Waals surface area (Å²) in [6.07, 6.45) is 4.24. The summed E-state index contributed by atoms with van der Waals surface area (Å²) in [7, 11) is -4.30. The lowest BCUT2D eigenvalue weighted by Gasteiger charge is -2.33. The van der Waals surface area contributed by atoms with Crippen LogP contribution in [0.3, 0.4) is 0 Å². The minimum Gasteiger partial charge on any atom is -0.494 e. The molecule has 2 amide bonds. The van der Waals surface area contributed by atoms with Gasteiger partial charge >= 0.3 is 0 Å². The van der Waals surface area contributed by atoms with Gasteiger partial charge in [0, 0.05) is 12.6 Å². The molecule has 3 aromatic rings. The number of aryl methyl sites for hydroxylation is 1. The first-order valence-electron chi connectivity index (χ1n) is 14.8. The highest BCUT2D eigenvalue weighted by Crippen LogP contribution is 2.27. The van der Waals surface area contributed by atoms with E-state index in [1.807, 2.05) is 45.0 Å². The molecular formula is C33H40FN3O5S. The summed E-state index contributed by atoms with van der Waals surface area (Å²) in [6, 6.07) is 17.8. The second kappa shape index (κ2) is 14.5. The maximum absolute atomic E-state index is 14.2. The molecule has 0 radical (unpaired) electrons. The molecule has 1 atom stereocenters. The summed E-state index contributed by atoms with van der Waals surface area (Å²) in [6.45, 7) is 5.65. The van der Waals surface area contributed by atoms with Gasteiger partial charge in [0.2, 0.25) is 11.8 Å². The van der Waals surface area contributed by atoms with Crippen LogP contribution in [0, 0.1) is 12.7 Å². The highest BCUT2D eigenvalue weighted by molar-refractivity contribution is 7.92. The molecule has 0 heterocycles. The Bertz CT molecular complexity index is 1470. The number of nitrogens with one attached hydrogen (secondary N) is 1. The van der Waals surface area contributed by atoms with Crippen LogP contribution in [0.5, 0.6) is 5.75 Å². The third-order valence-corrected chi connectivity index (χ3v) is 9.47. The lowest BCUT2D eigenvalue weighted by atomic mass is 10.1. The van der Waals surface area contributed by atoms with Crippen LogP contribution in [-0.2, 0) is 26.2 Å². The predicted octanol–water partition coefficient (Wildman–Crippen LogP) is 5.59. The predicted molar refractivity (Wildman–Crippen MR) is 165 cm³/mol. The minimum atomic E-state index is -4.30. The van der Waals surface area contributed by atoms with Crippen LogP contribution < -0.4 is 14.4 Å². The number of hydrogen-bond donors (Lipinski definition) is 1. The highest BCUT2D eigenvalue weighted by atomic mass is 32.2. The van der Waals surface area contributed by atoms with Gasteiger partial charge in [-0.15, -0.1) is 0 Å². The Kier molecular flexibility index (Phi) is 10.8.